The summed E-state index contributed by atoms with van der Waals surface area (Å²) in [5, 5.41) is 14.6. The number of nitro groups is 1. The van der Waals surface area contributed by atoms with E-state index in [4.69, 9.17) is 14.2 Å². The Morgan fingerprint density at radius 3 is 2.28 bits per heavy atom. The molecule has 1 amide bonds. The second kappa shape index (κ2) is 12.7. The third kappa shape index (κ3) is 7.13. The van der Waals surface area contributed by atoms with Crippen LogP contribution in [-0.4, -0.2) is 36.2 Å². The Morgan fingerprint density at radius 2 is 1.64 bits per heavy atom. The van der Waals surface area contributed by atoms with Gasteiger partial charge in [-0.15, -0.1) is 0 Å². The zero-order valence-electron chi connectivity index (χ0n) is 19.8. The number of hydrazone groups is 1. The molecule has 0 aromatic heterocycles. The number of hydrogen-bond acceptors (Lipinski definition) is 8. The molecule has 186 valence electrons. The summed E-state index contributed by atoms with van der Waals surface area (Å²) in [4.78, 5) is 35.0. The van der Waals surface area contributed by atoms with E-state index in [1.54, 1.807) is 49.4 Å². The second-order valence-corrected chi connectivity index (χ2v) is 7.40. The molecule has 1 N–H and O–H groups in total. The lowest BCUT2D eigenvalue weighted by Crippen LogP contribution is -2.17. The number of nitrogens with one attached hydrogen (secondary N) is 1. The van der Waals surface area contributed by atoms with E-state index in [0.29, 0.717) is 35.8 Å². The van der Waals surface area contributed by atoms with Crippen LogP contribution in [0.15, 0.2) is 71.8 Å². The van der Waals surface area contributed by atoms with Crippen molar-refractivity contribution >= 4 is 23.8 Å². The number of ether oxygens (including phenoxy) is 3. The van der Waals surface area contributed by atoms with Crippen LogP contribution in [0.25, 0.3) is 0 Å². The molecule has 3 rings (SSSR count). The first-order valence-electron chi connectivity index (χ1n) is 11.2. The molecule has 0 radical (unpaired) electrons. The van der Waals surface area contributed by atoms with Crippen LogP contribution in [0.4, 0.5) is 5.69 Å². The van der Waals surface area contributed by atoms with Crippen molar-refractivity contribution in [3.63, 3.8) is 0 Å². The first-order chi connectivity index (χ1) is 17.4. The number of hydrogen-bond donors (Lipinski definition) is 1. The summed E-state index contributed by atoms with van der Waals surface area (Å²) in [5.74, 6) is 0.171. The van der Waals surface area contributed by atoms with Gasteiger partial charge in [0.25, 0.3) is 11.6 Å². The van der Waals surface area contributed by atoms with E-state index in [2.05, 4.69) is 10.5 Å². The first-order valence-corrected chi connectivity index (χ1v) is 11.2. The third-order valence-corrected chi connectivity index (χ3v) is 4.75. The monoisotopic (exact) mass is 491 g/mol. The third-order valence-electron chi connectivity index (χ3n) is 4.75. The average molecular weight is 492 g/mol. The molecule has 0 heterocycles. The summed E-state index contributed by atoms with van der Waals surface area (Å²) in [6.07, 6.45) is 2.28. The van der Waals surface area contributed by atoms with Gasteiger partial charge < -0.3 is 14.2 Å². The Morgan fingerprint density at radius 1 is 0.944 bits per heavy atom. The summed E-state index contributed by atoms with van der Waals surface area (Å²) in [7, 11) is 0. The molecular formula is C26H25N3O7. The van der Waals surface area contributed by atoms with Crippen molar-refractivity contribution in [2.24, 2.45) is 5.10 Å². The second-order valence-electron chi connectivity index (χ2n) is 7.40. The fourth-order valence-electron chi connectivity index (χ4n) is 2.99. The molecule has 36 heavy (non-hydrogen) atoms. The summed E-state index contributed by atoms with van der Waals surface area (Å²) in [5.41, 5.74) is 3.41. The lowest BCUT2D eigenvalue weighted by atomic mass is 10.2. The number of benzene rings is 3. The lowest BCUT2D eigenvalue weighted by molar-refractivity contribution is -0.384. The molecule has 3 aromatic rings. The fraction of sp³-hybridized carbons (Fsp3) is 0.192. The van der Waals surface area contributed by atoms with Gasteiger partial charge in [0.1, 0.15) is 5.75 Å². The first kappa shape index (κ1) is 25.9. The Hall–Kier alpha value is -4.73. The van der Waals surface area contributed by atoms with Gasteiger partial charge in [-0.2, -0.15) is 5.10 Å². The van der Waals surface area contributed by atoms with Gasteiger partial charge in [-0.3, -0.25) is 14.9 Å². The van der Waals surface area contributed by atoms with Crippen LogP contribution < -0.4 is 19.6 Å². The van der Waals surface area contributed by atoms with Crippen molar-refractivity contribution in [1.82, 2.24) is 5.43 Å². The van der Waals surface area contributed by atoms with E-state index in [1.807, 2.05) is 6.92 Å². The van der Waals surface area contributed by atoms with Gasteiger partial charge >= 0.3 is 5.97 Å². The maximum atomic E-state index is 12.6. The van der Waals surface area contributed by atoms with Crippen LogP contribution in [0.1, 0.15) is 46.5 Å². The maximum absolute atomic E-state index is 12.6. The van der Waals surface area contributed by atoms with Gasteiger partial charge in [0.2, 0.25) is 0 Å². The van der Waals surface area contributed by atoms with Crippen molar-refractivity contribution < 1.29 is 28.7 Å². The largest absolute Gasteiger partial charge is 0.494 e. The molecule has 0 fully saturated rings. The zero-order valence-corrected chi connectivity index (χ0v) is 19.8. The summed E-state index contributed by atoms with van der Waals surface area (Å²) < 4.78 is 16.6. The Labute approximate surface area is 207 Å². The highest BCUT2D eigenvalue weighted by Crippen LogP contribution is 2.29. The van der Waals surface area contributed by atoms with Crippen molar-refractivity contribution in [2.75, 3.05) is 13.2 Å². The number of nitro benzene ring substituents is 1. The van der Waals surface area contributed by atoms with Crippen molar-refractivity contribution in [3.8, 4) is 17.2 Å². The minimum atomic E-state index is -0.547. The minimum absolute atomic E-state index is 0.114. The number of carbonyl (C=O) groups is 2. The Kier molecular flexibility index (Phi) is 9.10. The fourth-order valence-corrected chi connectivity index (χ4v) is 2.99. The standard InChI is InChI=1S/C26H25N3O7/c1-3-15-35-22-12-8-20(9-13-22)26(31)36-23-14-5-18(16-24(23)34-4-2)17-27-28-25(30)19-6-10-21(11-7-19)29(32)33/h5-14,16-17H,3-4,15H2,1-2H3,(H,28,30)/b27-17-. The van der Waals surface area contributed by atoms with Crippen molar-refractivity contribution in [1.29, 1.82) is 0 Å². The number of amides is 1. The summed E-state index contributed by atoms with van der Waals surface area (Å²) in [6, 6.07) is 16.7. The number of nitrogens with zero attached hydrogens (tertiary/aromatic N) is 2. The maximum Gasteiger partial charge on any atom is 0.343 e. The van der Waals surface area contributed by atoms with E-state index in [1.165, 1.54) is 30.5 Å². The highest BCUT2D eigenvalue weighted by molar-refractivity contribution is 5.95. The molecule has 0 spiro atoms. The van der Waals surface area contributed by atoms with Crippen LogP contribution in [-0.2, 0) is 0 Å². The van der Waals surface area contributed by atoms with Crippen LogP contribution >= 0.6 is 0 Å². The van der Waals surface area contributed by atoms with Gasteiger partial charge in [-0.1, -0.05) is 6.92 Å². The Balaban J connectivity index is 1.65. The van der Waals surface area contributed by atoms with Crippen LogP contribution in [0, 0.1) is 10.1 Å². The molecule has 0 saturated heterocycles. The molecule has 0 bridgehead atoms. The smallest absolute Gasteiger partial charge is 0.343 e. The number of carbonyl (C=O) groups excluding carboxylic acids is 2. The van der Waals surface area contributed by atoms with Crippen LogP contribution in [0.5, 0.6) is 17.2 Å². The summed E-state index contributed by atoms with van der Waals surface area (Å²) in [6.45, 7) is 4.74. The highest BCUT2D eigenvalue weighted by atomic mass is 16.6. The molecule has 0 unspecified atom stereocenters. The molecular weight excluding hydrogens is 466 g/mol. The van der Waals surface area contributed by atoms with Crippen molar-refractivity contribution in [3.05, 3.63) is 93.5 Å². The predicted molar refractivity (Wildman–Crippen MR) is 133 cm³/mol. The molecule has 10 heteroatoms. The lowest BCUT2D eigenvalue weighted by Gasteiger charge is -2.12. The van der Waals surface area contributed by atoms with E-state index >= 15 is 0 Å². The van der Waals surface area contributed by atoms with Gasteiger partial charge in [0, 0.05) is 17.7 Å². The number of esters is 1. The zero-order chi connectivity index (χ0) is 25.9. The molecule has 0 atom stereocenters. The van der Waals surface area contributed by atoms with Gasteiger partial charge in [-0.05, 0) is 73.5 Å². The topological polar surface area (TPSA) is 129 Å². The SMILES string of the molecule is CCCOc1ccc(C(=O)Oc2ccc(/C=N\NC(=O)c3ccc([N+](=O)[O-])cc3)cc2OCC)cc1. The van der Waals surface area contributed by atoms with E-state index < -0.39 is 16.8 Å². The average Bonchev–Trinajstić information content (AvgIpc) is 2.89. The molecule has 0 saturated carbocycles. The number of rotatable bonds is 11. The molecule has 0 aliphatic heterocycles. The quantitative estimate of drug-likeness (QED) is 0.134. The van der Waals surface area contributed by atoms with E-state index in [9.17, 15) is 19.7 Å². The van der Waals surface area contributed by atoms with Crippen LogP contribution in [0.3, 0.4) is 0 Å². The molecule has 0 aliphatic rings. The highest BCUT2D eigenvalue weighted by Gasteiger charge is 2.14. The van der Waals surface area contributed by atoms with Crippen LogP contribution in [0.2, 0.25) is 0 Å². The number of non-ortho nitro benzene ring substituents is 1. The van der Waals surface area contributed by atoms with Gasteiger partial charge in [0.15, 0.2) is 11.5 Å². The van der Waals surface area contributed by atoms with E-state index in [0.717, 1.165) is 6.42 Å². The molecule has 10 nitrogen and oxygen atoms in total. The minimum Gasteiger partial charge on any atom is -0.494 e. The summed E-state index contributed by atoms with van der Waals surface area (Å²) >= 11 is 0. The molecule has 3 aromatic carbocycles. The predicted octanol–water partition coefficient (Wildman–Crippen LogP) is 4.77. The van der Waals surface area contributed by atoms with E-state index in [-0.39, 0.29) is 17.0 Å². The Bertz CT molecular complexity index is 1240. The van der Waals surface area contributed by atoms with Gasteiger partial charge in [-0.25, -0.2) is 10.2 Å². The normalized spacial score (nSPS) is 10.6. The molecule has 0 aliphatic carbocycles. The van der Waals surface area contributed by atoms with Crippen molar-refractivity contribution in [2.45, 2.75) is 20.3 Å². The van der Waals surface area contributed by atoms with Gasteiger partial charge in [0.05, 0.1) is 29.9 Å².